The number of aromatic nitrogens is 3. The van der Waals surface area contributed by atoms with Crippen molar-refractivity contribution in [2.45, 2.75) is 27.2 Å². The second-order valence-corrected chi connectivity index (χ2v) is 4.14. The van der Waals surface area contributed by atoms with Gasteiger partial charge in [-0.15, -0.1) is 0 Å². The molecule has 0 radical (unpaired) electrons. The summed E-state index contributed by atoms with van der Waals surface area (Å²) in [4.78, 5) is 23.9. The highest BCUT2D eigenvalue weighted by Crippen LogP contribution is 2.11. The van der Waals surface area contributed by atoms with Gasteiger partial charge in [0, 0.05) is 11.8 Å². The maximum Gasteiger partial charge on any atom is 0.358 e. The van der Waals surface area contributed by atoms with Gasteiger partial charge in [-0.05, 0) is 26.3 Å². The lowest BCUT2D eigenvalue weighted by molar-refractivity contribution is 0.0518. The smallest absolute Gasteiger partial charge is 0.358 e. The van der Waals surface area contributed by atoms with Crippen LogP contribution in [0.5, 0.6) is 0 Å². The minimum Gasteiger partial charge on any atom is -0.461 e. The van der Waals surface area contributed by atoms with Crippen LogP contribution >= 0.6 is 0 Å². The Balaban J connectivity index is 2.35. The Morgan fingerprint density at radius 2 is 2.10 bits per heavy atom. The van der Waals surface area contributed by atoms with E-state index in [1.165, 1.54) is 6.07 Å². The Kier molecular flexibility index (Phi) is 3.97. The van der Waals surface area contributed by atoms with Crippen molar-refractivity contribution in [3.05, 3.63) is 35.0 Å². The number of hydrogen-bond acceptors (Lipinski definition) is 6. The summed E-state index contributed by atoms with van der Waals surface area (Å²) >= 11 is 0. The fourth-order valence-corrected chi connectivity index (χ4v) is 1.72. The SMILES string of the molecule is CCOC(=O)c1cc(CC)n(C(=O)c2cc(C)no2)n1. The number of hydrogen-bond donors (Lipinski definition) is 0. The van der Waals surface area contributed by atoms with Crippen LogP contribution in [0.4, 0.5) is 0 Å². The van der Waals surface area contributed by atoms with E-state index in [0.717, 1.165) is 4.68 Å². The van der Waals surface area contributed by atoms with Gasteiger partial charge in [-0.1, -0.05) is 12.1 Å². The van der Waals surface area contributed by atoms with Gasteiger partial charge < -0.3 is 9.26 Å². The minimum atomic E-state index is -0.553. The normalized spacial score (nSPS) is 10.6. The van der Waals surface area contributed by atoms with Crippen molar-refractivity contribution in [2.24, 2.45) is 0 Å². The zero-order valence-electron chi connectivity index (χ0n) is 11.5. The highest BCUT2D eigenvalue weighted by molar-refractivity contribution is 5.94. The molecule has 20 heavy (non-hydrogen) atoms. The molecule has 0 aliphatic carbocycles. The third-order valence-electron chi connectivity index (χ3n) is 2.66. The second kappa shape index (κ2) is 5.68. The maximum atomic E-state index is 12.2. The first-order valence-electron chi connectivity index (χ1n) is 6.30. The van der Waals surface area contributed by atoms with Crippen molar-refractivity contribution in [1.82, 2.24) is 14.9 Å². The molecule has 0 unspecified atom stereocenters. The van der Waals surface area contributed by atoms with Gasteiger partial charge in [-0.2, -0.15) is 9.78 Å². The number of carbonyl (C=O) groups excluding carboxylic acids is 2. The average molecular weight is 277 g/mol. The summed E-state index contributed by atoms with van der Waals surface area (Å²) in [5.74, 6) is -0.934. The van der Waals surface area contributed by atoms with E-state index in [0.29, 0.717) is 17.8 Å². The molecule has 0 aromatic carbocycles. The van der Waals surface area contributed by atoms with Gasteiger partial charge in [0.15, 0.2) is 5.69 Å². The highest BCUT2D eigenvalue weighted by atomic mass is 16.5. The molecule has 0 N–H and O–H groups in total. The Morgan fingerprint density at radius 3 is 2.65 bits per heavy atom. The zero-order valence-corrected chi connectivity index (χ0v) is 11.5. The summed E-state index contributed by atoms with van der Waals surface area (Å²) in [5, 5.41) is 7.65. The molecular formula is C13H15N3O4. The Bertz CT molecular complexity index is 642. The van der Waals surface area contributed by atoms with E-state index in [-0.39, 0.29) is 18.1 Å². The molecule has 0 aliphatic rings. The largest absolute Gasteiger partial charge is 0.461 e. The summed E-state index contributed by atoms with van der Waals surface area (Å²) in [7, 11) is 0. The van der Waals surface area contributed by atoms with Gasteiger partial charge in [0.2, 0.25) is 5.76 Å². The third-order valence-corrected chi connectivity index (χ3v) is 2.66. The van der Waals surface area contributed by atoms with Crippen LogP contribution in [0.15, 0.2) is 16.7 Å². The number of carbonyl (C=O) groups is 2. The number of ether oxygens (including phenoxy) is 1. The third kappa shape index (κ3) is 2.61. The van der Waals surface area contributed by atoms with Crippen LogP contribution < -0.4 is 0 Å². The summed E-state index contributed by atoms with van der Waals surface area (Å²) in [5.41, 5.74) is 1.31. The van der Waals surface area contributed by atoms with Crippen LogP contribution in [-0.2, 0) is 11.2 Å². The molecule has 0 saturated heterocycles. The van der Waals surface area contributed by atoms with Crippen LogP contribution in [-0.4, -0.2) is 33.4 Å². The Hall–Kier alpha value is -2.44. The summed E-state index contributed by atoms with van der Waals surface area (Å²) in [6.07, 6.45) is 0.547. The molecule has 2 heterocycles. The van der Waals surface area contributed by atoms with Crippen LogP contribution in [0, 0.1) is 6.92 Å². The number of esters is 1. The number of rotatable bonds is 4. The average Bonchev–Trinajstić information content (AvgIpc) is 3.04. The molecule has 2 aromatic heterocycles. The first kappa shape index (κ1) is 14.0. The first-order chi connectivity index (χ1) is 9.56. The lowest BCUT2D eigenvalue weighted by atomic mass is 10.3. The van der Waals surface area contributed by atoms with E-state index < -0.39 is 11.9 Å². The van der Waals surface area contributed by atoms with Gasteiger partial charge in [0.25, 0.3) is 0 Å². The monoisotopic (exact) mass is 277 g/mol. The molecule has 0 bridgehead atoms. The molecule has 0 amide bonds. The van der Waals surface area contributed by atoms with Crippen LogP contribution in [0.25, 0.3) is 0 Å². The molecule has 0 saturated carbocycles. The van der Waals surface area contributed by atoms with Gasteiger partial charge in [-0.25, -0.2) is 4.79 Å². The second-order valence-electron chi connectivity index (χ2n) is 4.14. The summed E-state index contributed by atoms with van der Waals surface area (Å²) in [6, 6.07) is 3.06. The van der Waals surface area contributed by atoms with E-state index >= 15 is 0 Å². The van der Waals surface area contributed by atoms with Crippen molar-refractivity contribution in [3.8, 4) is 0 Å². The number of nitrogens with zero attached hydrogens (tertiary/aromatic N) is 3. The Morgan fingerprint density at radius 1 is 1.35 bits per heavy atom. The molecule has 7 heteroatoms. The lowest BCUT2D eigenvalue weighted by Gasteiger charge is -2.00. The molecule has 0 aliphatic heterocycles. The summed E-state index contributed by atoms with van der Waals surface area (Å²) < 4.78 is 10.9. The van der Waals surface area contributed by atoms with Gasteiger partial charge in [-0.3, -0.25) is 4.79 Å². The molecular weight excluding hydrogens is 262 g/mol. The molecule has 0 spiro atoms. The van der Waals surface area contributed by atoms with Crippen LogP contribution in [0.1, 0.15) is 46.3 Å². The maximum absolute atomic E-state index is 12.2. The van der Waals surface area contributed by atoms with E-state index in [9.17, 15) is 9.59 Å². The van der Waals surface area contributed by atoms with E-state index in [2.05, 4.69) is 10.3 Å². The van der Waals surface area contributed by atoms with Gasteiger partial charge in [0.05, 0.1) is 12.3 Å². The number of aryl methyl sites for hydroxylation is 2. The van der Waals surface area contributed by atoms with Crippen LogP contribution in [0.2, 0.25) is 0 Å². The molecule has 2 rings (SSSR count). The quantitative estimate of drug-likeness (QED) is 0.789. The van der Waals surface area contributed by atoms with Crippen molar-refractivity contribution < 1.29 is 18.8 Å². The van der Waals surface area contributed by atoms with Crippen molar-refractivity contribution in [2.75, 3.05) is 6.61 Å². The zero-order chi connectivity index (χ0) is 14.7. The molecule has 0 fully saturated rings. The topological polar surface area (TPSA) is 87.2 Å². The predicted octanol–water partition coefficient (Wildman–Crippen LogP) is 1.61. The minimum absolute atomic E-state index is 0.0794. The van der Waals surface area contributed by atoms with E-state index in [1.54, 1.807) is 19.9 Å². The highest BCUT2D eigenvalue weighted by Gasteiger charge is 2.21. The van der Waals surface area contributed by atoms with Crippen molar-refractivity contribution in [3.63, 3.8) is 0 Å². The Labute approximate surface area is 115 Å². The molecule has 7 nitrogen and oxygen atoms in total. The van der Waals surface area contributed by atoms with Gasteiger partial charge in [0.1, 0.15) is 0 Å². The molecule has 2 aromatic rings. The van der Waals surface area contributed by atoms with Crippen molar-refractivity contribution >= 4 is 11.9 Å². The van der Waals surface area contributed by atoms with E-state index in [4.69, 9.17) is 9.26 Å². The fourth-order valence-electron chi connectivity index (χ4n) is 1.72. The van der Waals surface area contributed by atoms with Crippen molar-refractivity contribution in [1.29, 1.82) is 0 Å². The summed E-state index contributed by atoms with van der Waals surface area (Å²) in [6.45, 7) is 5.54. The lowest BCUT2D eigenvalue weighted by Crippen LogP contribution is -2.16. The molecule has 0 atom stereocenters. The molecule has 106 valence electrons. The van der Waals surface area contributed by atoms with Crippen LogP contribution in [0.3, 0.4) is 0 Å². The predicted molar refractivity (Wildman–Crippen MR) is 68.5 cm³/mol. The van der Waals surface area contributed by atoms with E-state index in [1.807, 2.05) is 6.92 Å². The first-order valence-corrected chi connectivity index (χ1v) is 6.30. The van der Waals surface area contributed by atoms with Gasteiger partial charge >= 0.3 is 11.9 Å². The standard InChI is InChI=1S/C13H15N3O4/c1-4-9-7-10(13(18)19-5-2)14-16(9)12(17)11-6-8(3)15-20-11/h6-7H,4-5H2,1-3H3. The fraction of sp³-hybridized carbons (Fsp3) is 0.385.